The first-order valence-electron chi connectivity index (χ1n) is 11.3. The number of amides is 2. The van der Waals surface area contributed by atoms with Crippen LogP contribution in [-0.4, -0.2) is 61.7 Å². The maximum absolute atomic E-state index is 15.2. The Morgan fingerprint density at radius 2 is 1.50 bits per heavy atom. The number of likely N-dealkylation sites (tertiary alicyclic amines) is 2. The van der Waals surface area contributed by atoms with Gasteiger partial charge < -0.3 is 9.80 Å². The van der Waals surface area contributed by atoms with Crippen LogP contribution in [0.5, 0.6) is 0 Å². The first-order valence-corrected chi connectivity index (χ1v) is 12.9. The zero-order valence-corrected chi connectivity index (χ0v) is 19.0. The molecular weight excluding hydrogens is 481 g/mol. The molecule has 3 heterocycles. The largest absolute Gasteiger partial charge is 0.416 e. The van der Waals surface area contributed by atoms with E-state index in [0.717, 1.165) is 12.1 Å². The maximum atomic E-state index is 15.2. The van der Waals surface area contributed by atoms with Crippen molar-refractivity contribution in [2.24, 2.45) is 16.7 Å². The second-order valence-electron chi connectivity index (χ2n) is 11.0. The minimum absolute atomic E-state index is 0.0716. The van der Waals surface area contributed by atoms with Crippen LogP contribution in [0, 0.1) is 16.7 Å². The Labute approximate surface area is 193 Å². The first kappa shape index (κ1) is 22.5. The van der Waals surface area contributed by atoms with E-state index in [9.17, 15) is 26.4 Å². The third-order valence-corrected chi connectivity index (χ3v) is 10.3. The zero-order valence-electron chi connectivity index (χ0n) is 18.2. The molecule has 6 fully saturated rings. The summed E-state index contributed by atoms with van der Waals surface area (Å²) in [6, 6.07) is 3.02. The Kier molecular flexibility index (Phi) is 4.26. The molecular formula is C22H24F5N3O3S. The number of halogens is 5. The lowest BCUT2D eigenvalue weighted by Crippen LogP contribution is -2.76. The van der Waals surface area contributed by atoms with Crippen molar-refractivity contribution in [3.63, 3.8) is 0 Å². The monoisotopic (exact) mass is 505 g/mol. The molecule has 3 saturated carbocycles. The second-order valence-corrected chi connectivity index (χ2v) is 12.9. The van der Waals surface area contributed by atoms with E-state index in [2.05, 4.69) is 4.72 Å². The number of sulfonamides is 1. The summed E-state index contributed by atoms with van der Waals surface area (Å²) in [4.78, 5) is 16.0. The van der Waals surface area contributed by atoms with Gasteiger partial charge in [-0.3, -0.25) is 0 Å². The van der Waals surface area contributed by atoms with Gasteiger partial charge in [-0.25, -0.2) is 26.7 Å². The standard InChI is InChI=1S/C22H24F5N3O3S/c23-21(24,14-1-3-15(4-2-14)22(25,26)27)19-9-18(10-19,11-19)16-7-29(8-16)17(31)30-12-20(13-30)5-6-34(32,33)28-20/h1-4,16,28H,5-13H2. The van der Waals surface area contributed by atoms with Crippen LogP contribution in [0.4, 0.5) is 26.7 Å². The molecule has 7 rings (SSSR count). The highest BCUT2D eigenvalue weighted by Gasteiger charge is 2.79. The van der Waals surface area contributed by atoms with E-state index >= 15 is 8.78 Å². The van der Waals surface area contributed by atoms with Gasteiger partial charge in [0, 0.05) is 37.2 Å². The van der Waals surface area contributed by atoms with Crippen molar-refractivity contribution in [3.8, 4) is 0 Å². The lowest BCUT2D eigenvalue weighted by molar-refractivity contribution is -0.347. The number of hydrogen-bond acceptors (Lipinski definition) is 3. The Morgan fingerprint density at radius 3 is 2.00 bits per heavy atom. The highest BCUT2D eigenvalue weighted by atomic mass is 32.2. The van der Waals surface area contributed by atoms with Crippen LogP contribution in [0.1, 0.15) is 36.8 Å². The van der Waals surface area contributed by atoms with Crippen molar-refractivity contribution in [2.45, 2.75) is 43.3 Å². The first-order chi connectivity index (χ1) is 15.7. The number of benzene rings is 1. The van der Waals surface area contributed by atoms with Gasteiger partial charge in [-0.2, -0.15) is 13.2 Å². The van der Waals surface area contributed by atoms with Crippen LogP contribution in [0.3, 0.4) is 0 Å². The average Bonchev–Trinajstić information content (AvgIpc) is 2.95. The lowest BCUT2D eigenvalue weighted by atomic mass is 9.29. The molecule has 1 aromatic rings. The number of alkyl halides is 5. The fraction of sp³-hybridized carbons (Fsp3) is 0.682. The molecule has 1 N–H and O–H groups in total. The van der Waals surface area contributed by atoms with E-state index in [0.29, 0.717) is 64.0 Å². The highest BCUT2D eigenvalue weighted by Crippen LogP contribution is 2.82. The Balaban J connectivity index is 1.02. The molecule has 2 amide bonds. The molecule has 34 heavy (non-hydrogen) atoms. The molecule has 0 unspecified atom stereocenters. The van der Waals surface area contributed by atoms with Gasteiger partial charge in [-0.05, 0) is 49.1 Å². The SMILES string of the molecule is O=C(N1CC(C23CC(C(F)(F)c4ccc(C(F)(F)F)cc4)(C2)C3)C1)N1CC2(CCS(=O)(=O)N2)C1. The van der Waals surface area contributed by atoms with Gasteiger partial charge in [0.05, 0.1) is 16.9 Å². The highest BCUT2D eigenvalue weighted by molar-refractivity contribution is 7.89. The van der Waals surface area contributed by atoms with E-state index in [1.54, 1.807) is 9.80 Å². The number of nitrogens with zero attached hydrogens (tertiary/aromatic N) is 2. The van der Waals surface area contributed by atoms with E-state index in [1.807, 2.05) is 0 Å². The number of nitrogens with one attached hydrogen (secondary N) is 1. The summed E-state index contributed by atoms with van der Waals surface area (Å²) in [7, 11) is -3.25. The Bertz CT molecular complexity index is 1140. The molecule has 0 radical (unpaired) electrons. The van der Waals surface area contributed by atoms with Crippen LogP contribution >= 0.6 is 0 Å². The van der Waals surface area contributed by atoms with Crippen molar-refractivity contribution in [1.82, 2.24) is 14.5 Å². The average molecular weight is 506 g/mol. The van der Waals surface area contributed by atoms with Crippen LogP contribution in [0.2, 0.25) is 0 Å². The number of carbonyl (C=O) groups excluding carboxylic acids is 1. The topological polar surface area (TPSA) is 69.7 Å². The van der Waals surface area contributed by atoms with E-state index in [1.165, 1.54) is 0 Å². The van der Waals surface area contributed by atoms with E-state index in [-0.39, 0.29) is 28.7 Å². The van der Waals surface area contributed by atoms with E-state index < -0.39 is 38.6 Å². The number of urea groups is 1. The lowest BCUT2D eigenvalue weighted by Gasteiger charge is -2.77. The molecule has 12 heteroatoms. The van der Waals surface area contributed by atoms with Crippen molar-refractivity contribution in [2.75, 3.05) is 31.9 Å². The van der Waals surface area contributed by atoms with Gasteiger partial charge in [-0.15, -0.1) is 0 Å². The predicted molar refractivity (Wildman–Crippen MR) is 110 cm³/mol. The molecule has 6 aliphatic rings. The van der Waals surface area contributed by atoms with Crippen molar-refractivity contribution in [3.05, 3.63) is 35.4 Å². The Morgan fingerprint density at radius 1 is 0.941 bits per heavy atom. The van der Waals surface area contributed by atoms with Crippen molar-refractivity contribution >= 4 is 16.1 Å². The van der Waals surface area contributed by atoms with Crippen LogP contribution in [0.15, 0.2) is 24.3 Å². The maximum Gasteiger partial charge on any atom is 0.416 e. The van der Waals surface area contributed by atoms with Crippen LogP contribution in [-0.2, 0) is 22.1 Å². The summed E-state index contributed by atoms with van der Waals surface area (Å²) in [5.41, 5.74) is -3.29. The molecule has 1 spiro atoms. The van der Waals surface area contributed by atoms with Gasteiger partial charge in [0.25, 0.3) is 5.92 Å². The van der Waals surface area contributed by atoms with Crippen LogP contribution < -0.4 is 4.72 Å². The summed E-state index contributed by atoms with van der Waals surface area (Å²) in [5, 5.41) is 0. The predicted octanol–water partition coefficient (Wildman–Crippen LogP) is 3.40. The summed E-state index contributed by atoms with van der Waals surface area (Å²) in [5.74, 6) is -2.98. The van der Waals surface area contributed by atoms with E-state index in [4.69, 9.17) is 0 Å². The molecule has 3 saturated heterocycles. The second kappa shape index (κ2) is 6.43. The van der Waals surface area contributed by atoms with Gasteiger partial charge in [0.15, 0.2) is 0 Å². The third kappa shape index (κ3) is 2.99. The van der Waals surface area contributed by atoms with Gasteiger partial charge in [0.2, 0.25) is 10.0 Å². The molecule has 1 aromatic carbocycles. The molecule has 3 aliphatic heterocycles. The molecule has 186 valence electrons. The summed E-state index contributed by atoms with van der Waals surface area (Å²) >= 11 is 0. The molecule has 0 aromatic heterocycles. The van der Waals surface area contributed by atoms with Crippen LogP contribution in [0.25, 0.3) is 0 Å². The number of hydrogen-bond donors (Lipinski definition) is 1. The number of rotatable bonds is 3. The smallest absolute Gasteiger partial charge is 0.324 e. The van der Waals surface area contributed by atoms with Gasteiger partial charge >= 0.3 is 12.2 Å². The summed E-state index contributed by atoms with van der Waals surface area (Å²) < 4.78 is 94.5. The molecule has 6 nitrogen and oxygen atoms in total. The molecule has 3 aliphatic carbocycles. The van der Waals surface area contributed by atoms with Crippen molar-refractivity contribution in [1.29, 1.82) is 0 Å². The normalized spacial score (nSPS) is 33.7. The summed E-state index contributed by atoms with van der Waals surface area (Å²) in [6.45, 7) is 1.69. The zero-order chi connectivity index (χ0) is 24.4. The quantitative estimate of drug-likeness (QED) is 0.641. The molecule has 2 bridgehead atoms. The minimum Gasteiger partial charge on any atom is -0.324 e. The van der Waals surface area contributed by atoms with Gasteiger partial charge in [0.1, 0.15) is 0 Å². The Hall–Kier alpha value is -1.95. The number of carbonyl (C=O) groups is 1. The fourth-order valence-electron chi connectivity index (χ4n) is 6.83. The van der Waals surface area contributed by atoms with Gasteiger partial charge in [-0.1, -0.05) is 12.1 Å². The minimum atomic E-state index is -4.57. The fourth-order valence-corrected chi connectivity index (χ4v) is 8.49. The van der Waals surface area contributed by atoms with Crippen molar-refractivity contribution < 1.29 is 35.2 Å². The summed E-state index contributed by atoms with van der Waals surface area (Å²) in [6.07, 6.45) is -3.14. The molecule has 0 atom stereocenters. The third-order valence-electron chi connectivity index (χ3n) is 8.81.